The highest BCUT2D eigenvalue weighted by Gasteiger charge is 2.57. The summed E-state index contributed by atoms with van der Waals surface area (Å²) >= 11 is 3.44. The van der Waals surface area contributed by atoms with E-state index in [1.807, 2.05) is 24.3 Å². The highest BCUT2D eigenvalue weighted by molar-refractivity contribution is 9.10. The zero-order chi connectivity index (χ0) is 20.4. The third-order valence-corrected chi connectivity index (χ3v) is 5.86. The van der Waals surface area contributed by atoms with Crippen molar-refractivity contribution in [3.05, 3.63) is 81.7 Å². The number of ether oxygens (including phenoxy) is 1. The number of benzene rings is 2. The van der Waals surface area contributed by atoms with Crippen molar-refractivity contribution in [2.45, 2.75) is 18.1 Å². The van der Waals surface area contributed by atoms with Gasteiger partial charge in [0.15, 0.2) is 0 Å². The Bertz CT molecular complexity index is 1140. The van der Waals surface area contributed by atoms with Crippen LogP contribution < -0.4 is 9.64 Å². The number of anilines is 1. The first-order chi connectivity index (χ1) is 13.8. The number of amides is 1. The number of carbonyl (C=O) groups excluding carboxylic acids is 1. The van der Waals surface area contributed by atoms with E-state index in [1.54, 1.807) is 18.2 Å². The van der Waals surface area contributed by atoms with E-state index in [2.05, 4.69) is 15.9 Å². The van der Waals surface area contributed by atoms with Crippen molar-refractivity contribution in [3.8, 4) is 5.75 Å². The van der Waals surface area contributed by atoms with Gasteiger partial charge in [0, 0.05) is 15.7 Å². The molecule has 29 heavy (non-hydrogen) atoms. The smallest absolute Gasteiger partial charge is 0.449 e. The lowest BCUT2D eigenvalue weighted by Gasteiger charge is -2.22. The van der Waals surface area contributed by atoms with Crippen LogP contribution in [0.15, 0.2) is 63.5 Å². The third kappa shape index (κ3) is 2.62. The summed E-state index contributed by atoms with van der Waals surface area (Å²) in [5, 5.41) is 0. The number of hydrogen-bond acceptors (Lipinski definition) is 3. The Kier molecular flexibility index (Phi) is 3.87. The summed E-state index contributed by atoms with van der Waals surface area (Å²) in [4.78, 5) is 15.1. The Morgan fingerprint density at radius 2 is 1.86 bits per heavy atom. The number of alkyl halides is 3. The number of rotatable bonds is 2. The summed E-state index contributed by atoms with van der Waals surface area (Å²) in [7, 11) is 0. The molecule has 0 fully saturated rings. The summed E-state index contributed by atoms with van der Waals surface area (Å²) in [5.74, 6) is -0.650. The van der Waals surface area contributed by atoms with Gasteiger partial charge in [-0.1, -0.05) is 34.1 Å². The van der Waals surface area contributed by atoms with Crippen LogP contribution in [0.5, 0.6) is 5.75 Å². The molecule has 2 aromatic carbocycles. The van der Waals surface area contributed by atoms with E-state index in [0.29, 0.717) is 11.4 Å². The molecule has 148 valence electrons. The van der Waals surface area contributed by atoms with Crippen molar-refractivity contribution in [3.63, 3.8) is 0 Å². The average Bonchev–Trinajstić information content (AvgIpc) is 3.36. The van der Waals surface area contributed by atoms with Gasteiger partial charge in [-0.25, -0.2) is 0 Å². The fourth-order valence-corrected chi connectivity index (χ4v) is 4.44. The summed E-state index contributed by atoms with van der Waals surface area (Å²) in [5.41, 5.74) is 1.11. The van der Waals surface area contributed by atoms with Crippen molar-refractivity contribution < 1.29 is 27.1 Å². The van der Waals surface area contributed by atoms with Gasteiger partial charge in [0.2, 0.25) is 11.7 Å². The molecule has 2 aliphatic heterocycles. The SMILES string of the molecule is O=C1N(Cc2ccc(C(F)(F)F)o2)c2ccccc2C12COc1ccc(Br)cc12. The molecule has 1 spiro atoms. The molecule has 0 radical (unpaired) electrons. The molecule has 3 aromatic rings. The van der Waals surface area contributed by atoms with E-state index < -0.39 is 17.4 Å². The van der Waals surface area contributed by atoms with Crippen LogP contribution in [0, 0.1) is 0 Å². The van der Waals surface area contributed by atoms with Crippen LogP contribution in [0.3, 0.4) is 0 Å². The predicted octanol–water partition coefficient (Wildman–Crippen LogP) is 5.29. The van der Waals surface area contributed by atoms with Crippen LogP contribution in [0.25, 0.3) is 0 Å². The Morgan fingerprint density at radius 3 is 2.62 bits per heavy atom. The summed E-state index contributed by atoms with van der Waals surface area (Å²) in [6.07, 6.45) is -4.57. The zero-order valence-corrected chi connectivity index (χ0v) is 16.4. The molecule has 1 amide bonds. The van der Waals surface area contributed by atoms with Crippen molar-refractivity contribution in [1.29, 1.82) is 0 Å². The maximum absolute atomic E-state index is 13.6. The van der Waals surface area contributed by atoms with Crippen molar-refractivity contribution in [1.82, 2.24) is 0 Å². The maximum Gasteiger partial charge on any atom is 0.449 e. The first-order valence-corrected chi connectivity index (χ1v) is 9.60. The summed E-state index contributed by atoms with van der Waals surface area (Å²) in [6.45, 7) is 0.0358. The molecule has 8 heteroatoms. The van der Waals surface area contributed by atoms with Crippen molar-refractivity contribution in [2.24, 2.45) is 0 Å². The lowest BCUT2D eigenvalue weighted by atomic mass is 9.77. The first-order valence-electron chi connectivity index (χ1n) is 8.81. The number of carbonyl (C=O) groups is 1. The molecular formula is C21H13BrF3NO3. The number of furan rings is 1. The van der Waals surface area contributed by atoms with Crippen LogP contribution in [-0.4, -0.2) is 12.5 Å². The molecule has 0 N–H and O–H groups in total. The predicted molar refractivity (Wildman–Crippen MR) is 102 cm³/mol. The molecule has 0 bridgehead atoms. The monoisotopic (exact) mass is 463 g/mol. The number of hydrogen-bond donors (Lipinski definition) is 0. The Hall–Kier alpha value is -2.74. The lowest BCUT2D eigenvalue weighted by molar-refractivity contribution is -0.153. The molecule has 0 saturated heterocycles. The van der Waals surface area contributed by atoms with Crippen LogP contribution in [-0.2, 0) is 22.9 Å². The van der Waals surface area contributed by atoms with Gasteiger partial charge < -0.3 is 14.1 Å². The van der Waals surface area contributed by atoms with Crippen molar-refractivity contribution in [2.75, 3.05) is 11.5 Å². The molecule has 0 saturated carbocycles. The number of nitrogens with zero attached hydrogens (tertiary/aromatic N) is 1. The maximum atomic E-state index is 13.6. The van der Waals surface area contributed by atoms with E-state index >= 15 is 0 Å². The highest BCUT2D eigenvalue weighted by atomic mass is 79.9. The molecule has 4 nitrogen and oxygen atoms in total. The molecule has 2 aliphatic rings. The van der Waals surface area contributed by atoms with Crippen LogP contribution >= 0.6 is 15.9 Å². The van der Waals surface area contributed by atoms with E-state index in [-0.39, 0.29) is 24.8 Å². The van der Waals surface area contributed by atoms with Gasteiger partial charge in [-0.15, -0.1) is 0 Å². The number of para-hydroxylation sites is 1. The lowest BCUT2D eigenvalue weighted by Crippen LogP contribution is -2.42. The minimum Gasteiger partial charge on any atom is -0.491 e. The normalized spacial score (nSPS) is 20.1. The van der Waals surface area contributed by atoms with E-state index in [1.165, 1.54) is 11.0 Å². The fourth-order valence-electron chi connectivity index (χ4n) is 4.08. The Balaban J connectivity index is 1.60. The van der Waals surface area contributed by atoms with Crippen molar-refractivity contribution >= 4 is 27.5 Å². The fraction of sp³-hybridized carbons (Fsp3) is 0.190. The van der Waals surface area contributed by atoms with E-state index in [4.69, 9.17) is 9.15 Å². The minimum atomic E-state index is -4.57. The largest absolute Gasteiger partial charge is 0.491 e. The number of fused-ring (bicyclic) bond motifs is 4. The Morgan fingerprint density at radius 1 is 1.07 bits per heavy atom. The second-order valence-electron chi connectivity index (χ2n) is 7.01. The average molecular weight is 464 g/mol. The quantitative estimate of drug-likeness (QED) is 0.518. The number of halogens is 4. The highest BCUT2D eigenvalue weighted by Crippen LogP contribution is 2.53. The van der Waals surface area contributed by atoms with Gasteiger partial charge in [0.05, 0.1) is 6.54 Å². The van der Waals surface area contributed by atoms with Gasteiger partial charge in [0.25, 0.3) is 0 Å². The summed E-state index contributed by atoms with van der Waals surface area (Å²) in [6, 6.07) is 14.9. The molecule has 3 heterocycles. The van der Waals surface area contributed by atoms with E-state index in [9.17, 15) is 18.0 Å². The standard InChI is InChI=1S/C21H13BrF3NO3/c22-12-5-7-17-15(9-12)20(11-28-17)14-3-1-2-4-16(14)26(19(20)27)10-13-6-8-18(29-13)21(23,24)25/h1-9H,10-11H2. The second kappa shape index (κ2) is 6.13. The first kappa shape index (κ1) is 18.3. The zero-order valence-electron chi connectivity index (χ0n) is 14.8. The second-order valence-corrected chi connectivity index (χ2v) is 7.92. The molecular weight excluding hydrogens is 451 g/mol. The van der Waals surface area contributed by atoms with Gasteiger partial charge in [0.1, 0.15) is 23.5 Å². The molecule has 1 aromatic heterocycles. The van der Waals surface area contributed by atoms with Gasteiger partial charge >= 0.3 is 6.18 Å². The van der Waals surface area contributed by atoms with Gasteiger partial charge in [-0.3, -0.25) is 4.79 Å². The van der Waals surface area contributed by atoms with Crippen LogP contribution in [0.4, 0.5) is 18.9 Å². The molecule has 1 atom stereocenters. The van der Waals surface area contributed by atoms with Gasteiger partial charge in [-0.05, 0) is 42.0 Å². The molecule has 5 rings (SSSR count). The molecule has 1 unspecified atom stereocenters. The van der Waals surface area contributed by atoms with Crippen LogP contribution in [0.1, 0.15) is 22.6 Å². The topological polar surface area (TPSA) is 42.7 Å². The van der Waals surface area contributed by atoms with Crippen LogP contribution in [0.2, 0.25) is 0 Å². The Labute approximate surface area is 172 Å². The van der Waals surface area contributed by atoms with E-state index in [0.717, 1.165) is 21.7 Å². The summed E-state index contributed by atoms with van der Waals surface area (Å²) < 4.78 is 50.2. The third-order valence-electron chi connectivity index (χ3n) is 5.37. The minimum absolute atomic E-state index is 0.0610. The molecule has 0 aliphatic carbocycles. The van der Waals surface area contributed by atoms with Gasteiger partial charge in [-0.2, -0.15) is 13.2 Å².